The minimum absolute atomic E-state index is 0.139. The molecule has 2 aromatic carbocycles. The molecule has 0 aliphatic carbocycles. The first-order chi connectivity index (χ1) is 13.8. The summed E-state index contributed by atoms with van der Waals surface area (Å²) in [5.41, 5.74) is 3.97. The number of nitrogens with zero attached hydrogens (tertiary/aromatic N) is 3. The van der Waals surface area contributed by atoms with Gasteiger partial charge in [-0.25, -0.2) is 9.97 Å². The maximum atomic E-state index is 9.10. The van der Waals surface area contributed by atoms with Crippen LogP contribution < -0.4 is 10.1 Å². The van der Waals surface area contributed by atoms with E-state index in [1.54, 1.807) is 13.4 Å². The van der Waals surface area contributed by atoms with Crippen LogP contribution in [0.2, 0.25) is 0 Å². The largest absolute Gasteiger partial charge is 0.497 e. The van der Waals surface area contributed by atoms with Crippen molar-refractivity contribution < 1.29 is 9.84 Å². The fraction of sp³-hybridized carbons (Fsp3) is 0.182. The normalized spacial score (nSPS) is 10.9. The molecule has 0 saturated carbocycles. The third-order valence-electron chi connectivity index (χ3n) is 4.65. The van der Waals surface area contributed by atoms with Crippen molar-refractivity contribution in [2.45, 2.75) is 6.42 Å². The minimum Gasteiger partial charge on any atom is -0.497 e. The molecule has 142 valence electrons. The number of aliphatic hydroxyl groups excluding tert-OH is 1. The van der Waals surface area contributed by atoms with Crippen LogP contribution in [0.5, 0.6) is 5.75 Å². The van der Waals surface area contributed by atoms with Gasteiger partial charge in [-0.1, -0.05) is 30.3 Å². The van der Waals surface area contributed by atoms with Crippen LogP contribution in [0.25, 0.3) is 27.8 Å². The first kappa shape index (κ1) is 18.0. The molecule has 0 bridgehead atoms. The van der Waals surface area contributed by atoms with Crippen LogP contribution in [0.15, 0.2) is 67.1 Å². The van der Waals surface area contributed by atoms with Crippen LogP contribution in [0, 0.1) is 0 Å². The number of aromatic nitrogens is 3. The molecule has 0 fully saturated rings. The fourth-order valence-corrected chi connectivity index (χ4v) is 3.26. The fourth-order valence-electron chi connectivity index (χ4n) is 3.26. The average Bonchev–Trinajstić information content (AvgIpc) is 3.15. The molecule has 4 rings (SSSR count). The molecule has 0 amide bonds. The van der Waals surface area contributed by atoms with Gasteiger partial charge in [-0.05, 0) is 36.2 Å². The maximum Gasteiger partial charge on any atom is 0.150 e. The van der Waals surface area contributed by atoms with Crippen LogP contribution in [-0.2, 0) is 0 Å². The van der Waals surface area contributed by atoms with E-state index in [4.69, 9.17) is 9.84 Å². The number of rotatable bonds is 7. The second-order valence-electron chi connectivity index (χ2n) is 6.40. The van der Waals surface area contributed by atoms with E-state index >= 15 is 0 Å². The van der Waals surface area contributed by atoms with E-state index in [0.29, 0.717) is 13.0 Å². The molecule has 2 N–H and O–H groups in total. The van der Waals surface area contributed by atoms with Gasteiger partial charge in [-0.3, -0.25) is 0 Å². The van der Waals surface area contributed by atoms with Crippen molar-refractivity contribution in [3.05, 3.63) is 67.1 Å². The van der Waals surface area contributed by atoms with Crippen LogP contribution in [-0.4, -0.2) is 39.9 Å². The lowest BCUT2D eigenvalue weighted by Crippen LogP contribution is -2.06. The lowest BCUT2D eigenvalue weighted by atomic mass is 10.1. The van der Waals surface area contributed by atoms with Gasteiger partial charge in [0, 0.05) is 30.6 Å². The van der Waals surface area contributed by atoms with Crippen LogP contribution in [0.4, 0.5) is 5.82 Å². The van der Waals surface area contributed by atoms with Gasteiger partial charge in [-0.2, -0.15) is 0 Å². The van der Waals surface area contributed by atoms with E-state index < -0.39 is 0 Å². The van der Waals surface area contributed by atoms with E-state index in [9.17, 15) is 0 Å². The molecule has 0 unspecified atom stereocenters. The van der Waals surface area contributed by atoms with Crippen LogP contribution in [0.3, 0.4) is 0 Å². The highest BCUT2D eigenvalue weighted by Crippen LogP contribution is 2.35. The van der Waals surface area contributed by atoms with E-state index in [0.717, 1.165) is 39.4 Å². The maximum absolute atomic E-state index is 9.10. The first-order valence-electron chi connectivity index (χ1n) is 9.22. The Hall–Kier alpha value is -3.38. The predicted octanol–water partition coefficient (Wildman–Crippen LogP) is 3.89. The zero-order chi connectivity index (χ0) is 19.3. The van der Waals surface area contributed by atoms with Gasteiger partial charge in [0.15, 0.2) is 5.65 Å². The third-order valence-corrected chi connectivity index (χ3v) is 4.65. The van der Waals surface area contributed by atoms with Gasteiger partial charge in [-0.15, -0.1) is 0 Å². The molecular formula is C22H22N4O2. The number of benzene rings is 2. The van der Waals surface area contributed by atoms with E-state index in [1.807, 2.05) is 42.5 Å². The van der Waals surface area contributed by atoms with Gasteiger partial charge in [0.05, 0.1) is 12.5 Å². The summed E-state index contributed by atoms with van der Waals surface area (Å²) in [4.78, 5) is 9.03. The van der Waals surface area contributed by atoms with Crippen molar-refractivity contribution in [3.8, 4) is 22.6 Å². The Bertz CT molecular complexity index is 1060. The van der Waals surface area contributed by atoms with Gasteiger partial charge >= 0.3 is 0 Å². The van der Waals surface area contributed by atoms with Crippen molar-refractivity contribution in [2.75, 3.05) is 25.6 Å². The summed E-state index contributed by atoms with van der Waals surface area (Å²) in [6, 6.07) is 18.1. The Balaban J connectivity index is 1.90. The number of ether oxygens (including phenoxy) is 1. The molecule has 4 aromatic rings. The molecule has 2 aromatic heterocycles. The summed E-state index contributed by atoms with van der Waals surface area (Å²) in [6.45, 7) is 0.782. The molecule has 6 nitrogen and oxygen atoms in total. The molecule has 0 spiro atoms. The van der Waals surface area contributed by atoms with Crippen molar-refractivity contribution in [2.24, 2.45) is 0 Å². The number of fused-ring (bicyclic) bond motifs is 1. The standard InChI is InChI=1S/C22H22N4O2/c1-28-18-10-8-17(9-11-18)26-14-19(16-6-3-2-4-7-16)20-21(23-12-5-13-27)24-15-25-22(20)26/h2-4,6-11,14-15,27H,5,12-13H2,1H3,(H,23,24,25). The number of hydrogen-bond acceptors (Lipinski definition) is 5. The van der Waals surface area contributed by atoms with Crippen LogP contribution >= 0.6 is 0 Å². The Labute approximate surface area is 163 Å². The Morgan fingerprint density at radius 2 is 1.82 bits per heavy atom. The van der Waals surface area contributed by atoms with Crippen molar-refractivity contribution in [1.29, 1.82) is 0 Å². The topological polar surface area (TPSA) is 72.2 Å². The molecular weight excluding hydrogens is 352 g/mol. The molecule has 0 aliphatic rings. The molecule has 0 atom stereocenters. The SMILES string of the molecule is COc1ccc(-n2cc(-c3ccccc3)c3c(NCCCO)ncnc32)cc1. The summed E-state index contributed by atoms with van der Waals surface area (Å²) in [6.07, 6.45) is 4.32. The lowest BCUT2D eigenvalue weighted by Gasteiger charge is -2.08. The minimum atomic E-state index is 0.139. The number of anilines is 1. The molecule has 0 saturated heterocycles. The van der Waals surface area contributed by atoms with Gasteiger partial charge in [0.25, 0.3) is 0 Å². The number of hydrogen-bond donors (Lipinski definition) is 2. The third kappa shape index (κ3) is 3.42. The zero-order valence-electron chi connectivity index (χ0n) is 15.7. The van der Waals surface area contributed by atoms with Crippen molar-refractivity contribution >= 4 is 16.9 Å². The number of methoxy groups -OCH3 is 1. The summed E-state index contributed by atoms with van der Waals surface area (Å²) in [5, 5.41) is 13.4. The molecule has 2 heterocycles. The van der Waals surface area contributed by atoms with Crippen molar-refractivity contribution in [3.63, 3.8) is 0 Å². The number of nitrogens with one attached hydrogen (secondary N) is 1. The summed E-state index contributed by atoms with van der Waals surface area (Å²) >= 11 is 0. The molecule has 0 aliphatic heterocycles. The van der Waals surface area contributed by atoms with Crippen LogP contribution in [0.1, 0.15) is 6.42 Å². The molecule has 0 radical (unpaired) electrons. The smallest absolute Gasteiger partial charge is 0.150 e. The van der Waals surface area contributed by atoms with Gasteiger partial charge in [0.1, 0.15) is 17.9 Å². The summed E-state index contributed by atoms with van der Waals surface area (Å²) < 4.78 is 7.34. The highest BCUT2D eigenvalue weighted by molar-refractivity contribution is 6.02. The summed E-state index contributed by atoms with van der Waals surface area (Å²) in [5.74, 6) is 1.58. The van der Waals surface area contributed by atoms with E-state index in [-0.39, 0.29) is 6.61 Å². The highest BCUT2D eigenvalue weighted by atomic mass is 16.5. The quantitative estimate of drug-likeness (QED) is 0.480. The Morgan fingerprint density at radius 1 is 1.04 bits per heavy atom. The van der Waals surface area contributed by atoms with E-state index in [2.05, 4.69) is 38.2 Å². The first-order valence-corrected chi connectivity index (χ1v) is 9.22. The Morgan fingerprint density at radius 3 is 2.54 bits per heavy atom. The monoisotopic (exact) mass is 374 g/mol. The number of aliphatic hydroxyl groups is 1. The zero-order valence-corrected chi connectivity index (χ0v) is 15.7. The lowest BCUT2D eigenvalue weighted by molar-refractivity contribution is 0.292. The second-order valence-corrected chi connectivity index (χ2v) is 6.40. The molecule has 6 heteroatoms. The molecule has 28 heavy (non-hydrogen) atoms. The Kier molecular flexibility index (Phi) is 5.21. The van der Waals surface area contributed by atoms with Gasteiger partial charge < -0.3 is 19.7 Å². The second kappa shape index (κ2) is 8.10. The highest BCUT2D eigenvalue weighted by Gasteiger charge is 2.17. The predicted molar refractivity (Wildman–Crippen MR) is 111 cm³/mol. The van der Waals surface area contributed by atoms with E-state index in [1.165, 1.54) is 0 Å². The summed E-state index contributed by atoms with van der Waals surface area (Å²) in [7, 11) is 1.66. The van der Waals surface area contributed by atoms with Gasteiger partial charge in [0.2, 0.25) is 0 Å². The average molecular weight is 374 g/mol. The van der Waals surface area contributed by atoms with Crippen molar-refractivity contribution in [1.82, 2.24) is 14.5 Å².